The standard InChI is InChI=1S/C23H23N3O5/c1-15(18-10-6-8-16-7-4-5-9-19(16)18)24-22(27)14-31-23(28)17-11-12-20(25(2)3)21(13-17)26(29)30/h4-13,15H,14H2,1-3H3,(H,24,27)/t15-/m0/s1. The third-order valence-electron chi connectivity index (χ3n) is 4.89. The fraction of sp³-hybridized carbons (Fsp3) is 0.217. The number of rotatable bonds is 7. The van der Waals surface area contributed by atoms with E-state index >= 15 is 0 Å². The first-order valence-electron chi connectivity index (χ1n) is 9.68. The number of anilines is 1. The molecule has 1 atom stereocenters. The maximum absolute atomic E-state index is 12.3. The van der Waals surface area contributed by atoms with Crippen LogP contribution in [0.25, 0.3) is 10.8 Å². The van der Waals surface area contributed by atoms with E-state index in [9.17, 15) is 19.7 Å². The van der Waals surface area contributed by atoms with Crippen LogP contribution in [0.5, 0.6) is 0 Å². The number of hydrogen-bond acceptors (Lipinski definition) is 6. The van der Waals surface area contributed by atoms with E-state index in [0.717, 1.165) is 22.4 Å². The number of fused-ring (bicyclic) bond motifs is 1. The molecule has 31 heavy (non-hydrogen) atoms. The Morgan fingerprint density at radius 2 is 1.81 bits per heavy atom. The minimum Gasteiger partial charge on any atom is -0.452 e. The first-order valence-corrected chi connectivity index (χ1v) is 9.68. The molecule has 0 aliphatic heterocycles. The quantitative estimate of drug-likeness (QED) is 0.353. The van der Waals surface area contributed by atoms with Crippen LogP contribution in [-0.4, -0.2) is 37.5 Å². The van der Waals surface area contributed by atoms with Crippen LogP contribution in [0.15, 0.2) is 60.7 Å². The largest absolute Gasteiger partial charge is 0.452 e. The van der Waals surface area contributed by atoms with Crippen molar-refractivity contribution in [3.63, 3.8) is 0 Å². The molecule has 0 unspecified atom stereocenters. The van der Waals surface area contributed by atoms with Crippen LogP contribution in [0.3, 0.4) is 0 Å². The Kier molecular flexibility index (Phi) is 6.49. The van der Waals surface area contributed by atoms with Crippen molar-refractivity contribution in [3.8, 4) is 0 Å². The minimum atomic E-state index is -0.804. The predicted molar refractivity (Wildman–Crippen MR) is 118 cm³/mol. The van der Waals surface area contributed by atoms with E-state index in [2.05, 4.69) is 5.32 Å². The van der Waals surface area contributed by atoms with Gasteiger partial charge in [0.25, 0.3) is 11.6 Å². The second-order valence-electron chi connectivity index (χ2n) is 7.29. The van der Waals surface area contributed by atoms with Gasteiger partial charge in [-0.2, -0.15) is 0 Å². The molecular formula is C23H23N3O5. The van der Waals surface area contributed by atoms with Crippen molar-refractivity contribution in [2.45, 2.75) is 13.0 Å². The summed E-state index contributed by atoms with van der Waals surface area (Å²) in [5.74, 6) is -1.27. The summed E-state index contributed by atoms with van der Waals surface area (Å²) < 4.78 is 5.06. The van der Waals surface area contributed by atoms with Crippen molar-refractivity contribution in [3.05, 3.63) is 81.9 Å². The van der Waals surface area contributed by atoms with Crippen molar-refractivity contribution < 1.29 is 19.2 Å². The van der Waals surface area contributed by atoms with Gasteiger partial charge >= 0.3 is 5.97 Å². The van der Waals surface area contributed by atoms with Gasteiger partial charge in [0.05, 0.1) is 16.5 Å². The molecule has 0 aromatic heterocycles. The fourth-order valence-electron chi connectivity index (χ4n) is 3.38. The highest BCUT2D eigenvalue weighted by molar-refractivity contribution is 5.93. The van der Waals surface area contributed by atoms with Crippen LogP contribution in [-0.2, 0) is 9.53 Å². The summed E-state index contributed by atoms with van der Waals surface area (Å²) in [6, 6.07) is 17.5. The lowest BCUT2D eigenvalue weighted by atomic mass is 10.00. The molecule has 3 aromatic carbocycles. The van der Waals surface area contributed by atoms with E-state index in [1.165, 1.54) is 12.1 Å². The van der Waals surface area contributed by atoms with Crippen LogP contribution < -0.4 is 10.2 Å². The minimum absolute atomic E-state index is 0.00667. The van der Waals surface area contributed by atoms with Crippen LogP contribution in [0.4, 0.5) is 11.4 Å². The number of hydrogen-bond donors (Lipinski definition) is 1. The van der Waals surface area contributed by atoms with Gasteiger partial charge in [0, 0.05) is 20.2 Å². The van der Waals surface area contributed by atoms with Gasteiger partial charge in [-0.15, -0.1) is 0 Å². The fourth-order valence-corrected chi connectivity index (χ4v) is 3.38. The van der Waals surface area contributed by atoms with Crippen molar-refractivity contribution in [2.75, 3.05) is 25.6 Å². The summed E-state index contributed by atoms with van der Waals surface area (Å²) in [5, 5.41) is 16.2. The number of nitro groups is 1. The summed E-state index contributed by atoms with van der Waals surface area (Å²) in [7, 11) is 3.34. The van der Waals surface area contributed by atoms with Crippen LogP contribution in [0.2, 0.25) is 0 Å². The molecule has 0 aliphatic carbocycles. The number of carbonyl (C=O) groups is 2. The molecule has 1 N–H and O–H groups in total. The molecule has 0 spiro atoms. The van der Waals surface area contributed by atoms with Gasteiger partial charge in [-0.1, -0.05) is 42.5 Å². The zero-order valence-corrected chi connectivity index (χ0v) is 17.5. The average Bonchev–Trinajstić information content (AvgIpc) is 2.76. The third-order valence-corrected chi connectivity index (χ3v) is 4.89. The smallest absolute Gasteiger partial charge is 0.338 e. The number of esters is 1. The third kappa shape index (κ3) is 4.98. The van der Waals surface area contributed by atoms with Crippen molar-refractivity contribution in [1.82, 2.24) is 5.32 Å². The molecule has 0 bridgehead atoms. The van der Waals surface area contributed by atoms with E-state index in [4.69, 9.17) is 4.74 Å². The highest BCUT2D eigenvalue weighted by Gasteiger charge is 2.20. The zero-order valence-electron chi connectivity index (χ0n) is 17.5. The number of carbonyl (C=O) groups excluding carboxylic acids is 2. The molecule has 0 aliphatic rings. The molecule has 0 saturated heterocycles. The van der Waals surface area contributed by atoms with Gasteiger partial charge in [0.15, 0.2) is 6.61 Å². The van der Waals surface area contributed by atoms with Crippen molar-refractivity contribution in [2.24, 2.45) is 0 Å². The van der Waals surface area contributed by atoms with E-state index in [0.29, 0.717) is 5.69 Å². The summed E-state index contributed by atoms with van der Waals surface area (Å²) in [6.45, 7) is 1.36. The molecule has 0 fully saturated rings. The van der Waals surface area contributed by atoms with Gasteiger partial charge in [0.1, 0.15) is 5.69 Å². The number of benzene rings is 3. The number of ether oxygens (including phenoxy) is 1. The van der Waals surface area contributed by atoms with Gasteiger partial charge in [-0.05, 0) is 35.4 Å². The Bertz CT molecular complexity index is 1140. The van der Waals surface area contributed by atoms with Gasteiger partial charge in [0.2, 0.25) is 0 Å². The second-order valence-corrected chi connectivity index (χ2v) is 7.29. The lowest BCUT2D eigenvalue weighted by Gasteiger charge is -2.17. The van der Waals surface area contributed by atoms with E-state index in [1.807, 2.05) is 49.4 Å². The second kappa shape index (κ2) is 9.25. The highest BCUT2D eigenvalue weighted by Crippen LogP contribution is 2.28. The van der Waals surface area contributed by atoms with Gasteiger partial charge in [-0.25, -0.2) is 4.79 Å². The zero-order chi connectivity index (χ0) is 22.5. The number of nitrogens with zero attached hydrogens (tertiary/aromatic N) is 2. The van der Waals surface area contributed by atoms with E-state index in [1.54, 1.807) is 19.0 Å². The normalized spacial score (nSPS) is 11.6. The Balaban J connectivity index is 1.65. The van der Waals surface area contributed by atoms with E-state index in [-0.39, 0.29) is 17.3 Å². The Morgan fingerprint density at radius 3 is 2.52 bits per heavy atom. The Morgan fingerprint density at radius 1 is 1.10 bits per heavy atom. The maximum atomic E-state index is 12.3. The first kappa shape index (κ1) is 21.8. The first-order chi connectivity index (χ1) is 14.8. The predicted octanol–water partition coefficient (Wildman–Crippen LogP) is 3.85. The number of nitrogens with one attached hydrogen (secondary N) is 1. The summed E-state index contributed by atoms with van der Waals surface area (Å²) >= 11 is 0. The van der Waals surface area contributed by atoms with Crippen molar-refractivity contribution in [1.29, 1.82) is 0 Å². The molecule has 8 nitrogen and oxygen atoms in total. The molecule has 3 aromatic rings. The number of amides is 1. The monoisotopic (exact) mass is 421 g/mol. The molecule has 8 heteroatoms. The molecule has 0 heterocycles. The van der Waals surface area contributed by atoms with Crippen LogP contribution in [0.1, 0.15) is 28.9 Å². The molecule has 1 amide bonds. The summed E-state index contributed by atoms with van der Waals surface area (Å²) in [4.78, 5) is 36.9. The Hall–Kier alpha value is -3.94. The topological polar surface area (TPSA) is 102 Å². The van der Waals surface area contributed by atoms with Crippen LogP contribution in [0, 0.1) is 10.1 Å². The van der Waals surface area contributed by atoms with Crippen molar-refractivity contribution >= 4 is 34.0 Å². The van der Waals surface area contributed by atoms with Gasteiger partial charge in [-0.3, -0.25) is 14.9 Å². The summed E-state index contributed by atoms with van der Waals surface area (Å²) in [5.41, 5.74) is 1.11. The van der Waals surface area contributed by atoms with E-state index < -0.39 is 23.4 Å². The molecule has 160 valence electrons. The summed E-state index contributed by atoms with van der Waals surface area (Å²) in [6.07, 6.45) is 0. The maximum Gasteiger partial charge on any atom is 0.338 e. The molecule has 0 saturated carbocycles. The molecule has 3 rings (SSSR count). The highest BCUT2D eigenvalue weighted by atomic mass is 16.6. The van der Waals surface area contributed by atoms with Crippen LogP contribution >= 0.6 is 0 Å². The Labute approximate surface area is 179 Å². The SMILES string of the molecule is C[C@H](NC(=O)COC(=O)c1ccc(N(C)C)c([N+](=O)[O-])c1)c1cccc2ccccc12. The average molecular weight is 421 g/mol. The molecule has 0 radical (unpaired) electrons. The van der Waals surface area contributed by atoms with Gasteiger partial charge < -0.3 is 15.0 Å². The lowest BCUT2D eigenvalue weighted by Crippen LogP contribution is -2.31. The number of nitro benzene ring substituents is 1. The molecular weight excluding hydrogens is 398 g/mol. The lowest BCUT2D eigenvalue weighted by molar-refractivity contribution is -0.384.